The third-order valence-electron chi connectivity index (χ3n) is 6.96. The predicted molar refractivity (Wildman–Crippen MR) is 139 cm³/mol. The van der Waals surface area contributed by atoms with Crippen LogP contribution in [0.4, 0.5) is 17.6 Å². The van der Waals surface area contributed by atoms with E-state index < -0.39 is 17.6 Å². The van der Waals surface area contributed by atoms with Crippen LogP contribution in [0.3, 0.4) is 0 Å². The smallest absolute Gasteiger partial charge is 0.349 e. The van der Waals surface area contributed by atoms with Crippen molar-refractivity contribution in [1.29, 1.82) is 0 Å². The lowest BCUT2D eigenvalue weighted by Gasteiger charge is -2.29. The number of hydrogen-bond acceptors (Lipinski definition) is 3. The zero-order valence-electron chi connectivity index (χ0n) is 20.7. The van der Waals surface area contributed by atoms with Gasteiger partial charge < -0.3 is 9.88 Å². The van der Waals surface area contributed by atoms with Crippen LogP contribution in [0.1, 0.15) is 47.7 Å². The molecule has 2 heterocycles. The van der Waals surface area contributed by atoms with Crippen molar-refractivity contribution >= 4 is 29.1 Å². The van der Waals surface area contributed by atoms with Gasteiger partial charge in [-0.15, -0.1) is 0 Å². The van der Waals surface area contributed by atoms with E-state index in [2.05, 4.69) is 9.97 Å². The number of aryl methyl sites for hydroxylation is 1. The topological polar surface area (TPSA) is 52.2 Å². The number of carbonyl (C=O) groups is 1. The van der Waals surface area contributed by atoms with Crippen LogP contribution in [0.5, 0.6) is 0 Å². The van der Waals surface area contributed by atoms with Gasteiger partial charge in [0.25, 0.3) is 0 Å². The van der Waals surface area contributed by atoms with E-state index >= 15 is 0 Å². The minimum atomic E-state index is -4.75. The molecule has 0 spiro atoms. The number of likely N-dealkylation sites (tertiary alicyclic amines) is 1. The summed E-state index contributed by atoms with van der Waals surface area (Å²) in [6.45, 7) is 1.11. The Kier molecular flexibility index (Phi) is 9.00. The number of aromatic nitrogens is 2. The molecule has 1 aliphatic rings. The van der Waals surface area contributed by atoms with Crippen molar-refractivity contribution in [2.45, 2.75) is 50.4 Å². The maximum absolute atomic E-state index is 14.2. The number of nitrogens with one attached hydrogen (secondary N) is 1. The van der Waals surface area contributed by atoms with Crippen LogP contribution in [-0.4, -0.2) is 51.9 Å². The first-order chi connectivity index (χ1) is 18.0. The SMILES string of the molecule is CN(Cc1ccc(C(F)(F)F)c(F)c1)[C@H]1CN(C(=O)CCCCc2ncc[nH]2)C[C@@H]1c1ccc(Cl)c(Cl)c1. The molecule has 0 bridgehead atoms. The molecular weight excluding hydrogens is 543 g/mol. The van der Waals surface area contributed by atoms with Gasteiger partial charge in [0.15, 0.2) is 0 Å². The van der Waals surface area contributed by atoms with Gasteiger partial charge in [0.05, 0.1) is 15.6 Å². The van der Waals surface area contributed by atoms with E-state index in [-0.39, 0.29) is 24.4 Å². The van der Waals surface area contributed by atoms with E-state index in [0.717, 1.165) is 42.8 Å². The molecule has 2 aromatic carbocycles. The van der Waals surface area contributed by atoms with Gasteiger partial charge in [-0.05, 0) is 55.3 Å². The Bertz CT molecular complexity index is 1250. The van der Waals surface area contributed by atoms with Gasteiger partial charge in [-0.1, -0.05) is 35.3 Å². The van der Waals surface area contributed by atoms with Gasteiger partial charge in [-0.2, -0.15) is 13.2 Å². The number of imidazole rings is 1. The number of carbonyl (C=O) groups excluding carboxylic acids is 1. The number of unbranched alkanes of at least 4 members (excludes halogenated alkanes) is 1. The molecule has 38 heavy (non-hydrogen) atoms. The van der Waals surface area contributed by atoms with Crippen molar-refractivity contribution in [2.24, 2.45) is 0 Å². The molecule has 1 N–H and O–H groups in total. The van der Waals surface area contributed by atoms with Crippen LogP contribution in [-0.2, 0) is 23.9 Å². The predicted octanol–water partition coefficient (Wildman–Crippen LogP) is 6.71. The van der Waals surface area contributed by atoms with Crippen LogP contribution in [0.25, 0.3) is 0 Å². The van der Waals surface area contributed by atoms with E-state index in [9.17, 15) is 22.4 Å². The first-order valence-corrected chi connectivity index (χ1v) is 13.1. The quantitative estimate of drug-likeness (QED) is 0.229. The Balaban J connectivity index is 1.46. The summed E-state index contributed by atoms with van der Waals surface area (Å²) in [5.41, 5.74) is 0.0267. The highest BCUT2D eigenvalue weighted by molar-refractivity contribution is 6.42. The zero-order valence-corrected chi connectivity index (χ0v) is 22.3. The van der Waals surface area contributed by atoms with E-state index in [1.807, 2.05) is 22.9 Å². The van der Waals surface area contributed by atoms with Gasteiger partial charge in [-0.25, -0.2) is 9.37 Å². The summed E-state index contributed by atoms with van der Waals surface area (Å²) >= 11 is 12.4. The molecule has 0 unspecified atom stereocenters. The molecule has 1 aliphatic heterocycles. The van der Waals surface area contributed by atoms with Crippen molar-refractivity contribution in [1.82, 2.24) is 19.8 Å². The zero-order chi connectivity index (χ0) is 27.4. The molecule has 11 heteroatoms. The summed E-state index contributed by atoms with van der Waals surface area (Å²) in [6, 6.07) is 8.17. The van der Waals surface area contributed by atoms with Crippen molar-refractivity contribution in [3.05, 3.63) is 87.2 Å². The second-order valence-corrected chi connectivity index (χ2v) is 10.4. The molecule has 204 valence electrons. The minimum Gasteiger partial charge on any atom is -0.349 e. The summed E-state index contributed by atoms with van der Waals surface area (Å²) in [5, 5.41) is 0.820. The van der Waals surface area contributed by atoms with E-state index in [1.165, 1.54) is 6.07 Å². The third-order valence-corrected chi connectivity index (χ3v) is 7.70. The molecule has 1 amide bonds. The molecule has 1 aromatic heterocycles. The highest BCUT2D eigenvalue weighted by Gasteiger charge is 2.39. The van der Waals surface area contributed by atoms with E-state index in [0.29, 0.717) is 35.1 Å². The van der Waals surface area contributed by atoms with Crippen molar-refractivity contribution in [2.75, 3.05) is 20.1 Å². The lowest BCUT2D eigenvalue weighted by Crippen LogP contribution is -2.38. The first-order valence-electron chi connectivity index (χ1n) is 12.3. The van der Waals surface area contributed by atoms with Crippen molar-refractivity contribution in [3.8, 4) is 0 Å². The normalized spacial score (nSPS) is 17.9. The van der Waals surface area contributed by atoms with E-state index in [1.54, 1.807) is 24.5 Å². The van der Waals surface area contributed by atoms with Gasteiger partial charge in [0, 0.05) is 56.8 Å². The Hall–Kier alpha value is -2.62. The Morgan fingerprint density at radius 2 is 1.92 bits per heavy atom. The fourth-order valence-corrected chi connectivity index (χ4v) is 5.27. The lowest BCUT2D eigenvalue weighted by molar-refractivity contribution is -0.140. The number of nitrogens with zero attached hydrogens (tertiary/aromatic N) is 3. The summed E-state index contributed by atoms with van der Waals surface area (Å²) in [6.07, 6.45) is 1.42. The largest absolute Gasteiger partial charge is 0.419 e. The highest BCUT2D eigenvalue weighted by atomic mass is 35.5. The number of halogens is 6. The van der Waals surface area contributed by atoms with Crippen LogP contribution in [0.2, 0.25) is 10.0 Å². The van der Waals surface area contributed by atoms with Crippen LogP contribution >= 0.6 is 23.2 Å². The standard InChI is InChI=1S/C27H28Cl2F4N4O/c1-36(14-17-6-8-20(23(30)12-17)27(31,32)33)24-16-37(15-19(24)18-7-9-21(28)22(29)13-18)26(38)5-3-2-4-25-34-10-11-35-25/h6-13,19,24H,2-5,14-16H2,1H3,(H,34,35)/t19-,24+/m1/s1. The van der Waals surface area contributed by atoms with Gasteiger partial charge in [-0.3, -0.25) is 9.69 Å². The Labute approximate surface area is 228 Å². The fourth-order valence-electron chi connectivity index (χ4n) is 4.96. The maximum atomic E-state index is 14.2. The second-order valence-electron chi connectivity index (χ2n) is 9.62. The van der Waals surface area contributed by atoms with Crippen LogP contribution in [0.15, 0.2) is 48.8 Å². The molecule has 2 atom stereocenters. The third kappa shape index (κ3) is 6.87. The Morgan fingerprint density at radius 1 is 1.13 bits per heavy atom. The number of rotatable bonds is 9. The van der Waals surface area contributed by atoms with Gasteiger partial charge in [0.2, 0.25) is 5.91 Å². The number of likely N-dealkylation sites (N-methyl/N-ethyl adjacent to an activating group) is 1. The van der Waals surface area contributed by atoms with Gasteiger partial charge in [0.1, 0.15) is 11.6 Å². The Morgan fingerprint density at radius 3 is 2.58 bits per heavy atom. The molecule has 1 saturated heterocycles. The highest BCUT2D eigenvalue weighted by Crippen LogP contribution is 2.36. The molecular formula is C27H28Cl2F4N4O. The van der Waals surface area contributed by atoms with Crippen molar-refractivity contribution < 1.29 is 22.4 Å². The summed E-state index contributed by atoms with van der Waals surface area (Å²) in [7, 11) is 1.82. The van der Waals surface area contributed by atoms with E-state index in [4.69, 9.17) is 23.2 Å². The molecule has 0 radical (unpaired) electrons. The number of aromatic amines is 1. The average Bonchev–Trinajstić information content (AvgIpc) is 3.53. The number of alkyl halides is 3. The second kappa shape index (κ2) is 12.1. The number of hydrogen-bond donors (Lipinski definition) is 1. The average molecular weight is 571 g/mol. The number of amides is 1. The summed E-state index contributed by atoms with van der Waals surface area (Å²) in [5.74, 6) is -0.492. The van der Waals surface area contributed by atoms with Crippen molar-refractivity contribution in [3.63, 3.8) is 0 Å². The molecule has 0 aliphatic carbocycles. The maximum Gasteiger partial charge on any atom is 0.419 e. The number of benzene rings is 2. The van der Waals surface area contributed by atoms with Gasteiger partial charge >= 0.3 is 6.18 Å². The molecule has 4 rings (SSSR count). The number of H-pyrrole nitrogens is 1. The van der Waals surface area contributed by atoms with Crippen LogP contribution < -0.4 is 0 Å². The molecule has 5 nitrogen and oxygen atoms in total. The monoisotopic (exact) mass is 570 g/mol. The summed E-state index contributed by atoms with van der Waals surface area (Å²) < 4.78 is 53.1. The lowest BCUT2D eigenvalue weighted by atomic mass is 9.93. The van der Waals surface area contributed by atoms with Crippen LogP contribution in [0, 0.1) is 5.82 Å². The summed E-state index contributed by atoms with van der Waals surface area (Å²) in [4.78, 5) is 24.1. The molecule has 3 aromatic rings. The molecule has 0 saturated carbocycles. The fraction of sp³-hybridized carbons (Fsp3) is 0.407. The first kappa shape index (κ1) is 28.4. The molecule has 1 fully saturated rings. The minimum absolute atomic E-state index is 0.0333.